The molecule has 0 fully saturated rings. The Hall–Kier alpha value is -3.09. The number of benzene rings is 1. The molecule has 0 saturated heterocycles. The van der Waals surface area contributed by atoms with E-state index in [-0.39, 0.29) is 16.8 Å². The first kappa shape index (κ1) is 22.1. The second-order valence-electron chi connectivity index (χ2n) is 9.63. The number of Topliss-reactive ketones (excluding diaryl/α,β-unsaturated/α-hetero) is 1. The molecule has 0 saturated carbocycles. The summed E-state index contributed by atoms with van der Waals surface area (Å²) < 4.78 is 8.36. The molecule has 1 N–H and O–H groups in total. The Bertz CT molecular complexity index is 1220. The van der Waals surface area contributed by atoms with Gasteiger partial charge in [0.05, 0.1) is 12.2 Å². The minimum atomic E-state index is -0.528. The molecular formula is C25H31N3O4. The maximum atomic E-state index is 13.3. The van der Waals surface area contributed by atoms with Gasteiger partial charge in [-0.1, -0.05) is 39.3 Å². The van der Waals surface area contributed by atoms with Gasteiger partial charge >= 0.3 is 5.69 Å². The van der Waals surface area contributed by atoms with Crippen LogP contribution in [0.15, 0.2) is 45.1 Å². The lowest BCUT2D eigenvalue weighted by Gasteiger charge is -2.39. The van der Waals surface area contributed by atoms with E-state index in [0.717, 1.165) is 34.4 Å². The molecule has 2 heterocycles. The fraction of sp³-hybridized carbons (Fsp3) is 0.480. The van der Waals surface area contributed by atoms with Crippen LogP contribution in [0.5, 0.6) is 5.75 Å². The fourth-order valence-electron chi connectivity index (χ4n) is 4.77. The SMILES string of the molecule is CCCCOc1ccc(C2C3=C(CC(C)(C)CC3=O)Nc3c2c(=O)n(C)c(=O)n3C)cc1. The first-order valence-electron chi connectivity index (χ1n) is 11.2. The number of allylic oxidation sites excluding steroid dienone is 2. The van der Waals surface area contributed by atoms with Crippen LogP contribution in [0.3, 0.4) is 0 Å². The number of unbranched alkanes of at least 4 members (excludes halogenated alkanes) is 1. The predicted molar refractivity (Wildman–Crippen MR) is 124 cm³/mol. The van der Waals surface area contributed by atoms with Crippen LogP contribution >= 0.6 is 0 Å². The smallest absolute Gasteiger partial charge is 0.332 e. The van der Waals surface area contributed by atoms with Gasteiger partial charge in [0.15, 0.2) is 5.78 Å². The van der Waals surface area contributed by atoms with Gasteiger partial charge in [-0.05, 0) is 36.0 Å². The maximum absolute atomic E-state index is 13.3. The third kappa shape index (κ3) is 3.70. The molecule has 0 radical (unpaired) electrons. The Morgan fingerprint density at radius 3 is 2.41 bits per heavy atom. The van der Waals surface area contributed by atoms with E-state index in [0.29, 0.717) is 36.4 Å². The summed E-state index contributed by atoms with van der Waals surface area (Å²) in [7, 11) is 3.12. The number of anilines is 1. The van der Waals surface area contributed by atoms with E-state index in [1.54, 1.807) is 7.05 Å². The number of carbonyl (C=O) groups is 1. The molecule has 1 aliphatic carbocycles. The molecule has 0 bridgehead atoms. The highest BCUT2D eigenvalue weighted by Crippen LogP contribution is 2.47. The minimum absolute atomic E-state index is 0.0404. The number of nitrogens with one attached hydrogen (secondary N) is 1. The zero-order valence-electron chi connectivity index (χ0n) is 19.4. The van der Waals surface area contributed by atoms with Crippen LogP contribution in [0.4, 0.5) is 5.82 Å². The number of fused-ring (bicyclic) bond motifs is 1. The lowest BCUT2D eigenvalue weighted by Crippen LogP contribution is -2.45. The van der Waals surface area contributed by atoms with Crippen LogP contribution in [0.1, 0.15) is 63.5 Å². The molecule has 4 rings (SSSR count). The second-order valence-corrected chi connectivity index (χ2v) is 9.63. The lowest BCUT2D eigenvalue weighted by atomic mass is 9.69. The normalized spacial score (nSPS) is 19.3. The van der Waals surface area contributed by atoms with Crippen LogP contribution in [-0.4, -0.2) is 21.5 Å². The first-order chi connectivity index (χ1) is 15.1. The van der Waals surface area contributed by atoms with Crippen molar-refractivity contribution < 1.29 is 9.53 Å². The van der Waals surface area contributed by atoms with Crippen LogP contribution in [0, 0.1) is 5.41 Å². The van der Waals surface area contributed by atoms with Gasteiger partial charge in [0.1, 0.15) is 11.6 Å². The van der Waals surface area contributed by atoms with E-state index < -0.39 is 11.6 Å². The molecule has 170 valence electrons. The van der Waals surface area contributed by atoms with Gasteiger partial charge in [-0.2, -0.15) is 0 Å². The Labute approximate surface area is 187 Å². The third-order valence-electron chi connectivity index (χ3n) is 6.45. The standard InChI is InChI=1S/C25H31N3O4/c1-6-7-12-32-16-10-8-15(9-11-16)19-20-17(13-25(2,3)14-18(20)29)26-22-21(19)23(30)28(5)24(31)27(22)4/h8-11,19,26H,6-7,12-14H2,1-5H3. The topological polar surface area (TPSA) is 82.3 Å². The van der Waals surface area contributed by atoms with Crippen molar-refractivity contribution in [1.29, 1.82) is 0 Å². The van der Waals surface area contributed by atoms with Crippen molar-refractivity contribution in [3.8, 4) is 5.75 Å². The Kier molecular flexibility index (Phi) is 5.61. The van der Waals surface area contributed by atoms with E-state index in [2.05, 4.69) is 26.1 Å². The highest BCUT2D eigenvalue weighted by Gasteiger charge is 2.42. The molecular weight excluding hydrogens is 406 g/mol. The van der Waals surface area contributed by atoms with Gasteiger partial charge in [0, 0.05) is 37.7 Å². The molecule has 1 aromatic carbocycles. The van der Waals surface area contributed by atoms with Crippen molar-refractivity contribution in [2.75, 3.05) is 11.9 Å². The van der Waals surface area contributed by atoms with Crippen LogP contribution in [-0.2, 0) is 18.9 Å². The van der Waals surface area contributed by atoms with E-state index in [4.69, 9.17) is 4.74 Å². The molecule has 1 aliphatic heterocycles. The average Bonchev–Trinajstić information content (AvgIpc) is 2.75. The molecule has 2 aromatic rings. The largest absolute Gasteiger partial charge is 0.494 e. The van der Waals surface area contributed by atoms with E-state index in [1.807, 2.05) is 24.3 Å². The van der Waals surface area contributed by atoms with Crippen LogP contribution < -0.4 is 21.3 Å². The summed E-state index contributed by atoms with van der Waals surface area (Å²) in [6, 6.07) is 7.61. The fourth-order valence-corrected chi connectivity index (χ4v) is 4.77. The zero-order chi connectivity index (χ0) is 23.2. The number of ether oxygens (including phenoxy) is 1. The number of hydrogen-bond acceptors (Lipinski definition) is 5. The summed E-state index contributed by atoms with van der Waals surface area (Å²) in [5.41, 5.74) is 1.73. The summed E-state index contributed by atoms with van der Waals surface area (Å²) >= 11 is 0. The van der Waals surface area contributed by atoms with E-state index in [1.165, 1.54) is 11.6 Å². The van der Waals surface area contributed by atoms with Crippen molar-refractivity contribution in [2.45, 2.75) is 52.4 Å². The van der Waals surface area contributed by atoms with Gasteiger partial charge < -0.3 is 10.1 Å². The van der Waals surface area contributed by atoms with Crippen LogP contribution in [0.25, 0.3) is 0 Å². The summed E-state index contributed by atoms with van der Waals surface area (Å²) in [5, 5.41) is 3.29. The quantitative estimate of drug-likeness (QED) is 0.725. The van der Waals surface area contributed by atoms with Gasteiger partial charge in [0.2, 0.25) is 0 Å². The summed E-state index contributed by atoms with van der Waals surface area (Å²) in [4.78, 5) is 39.2. The van der Waals surface area contributed by atoms with Gasteiger partial charge in [-0.25, -0.2) is 4.79 Å². The molecule has 0 amide bonds. The molecule has 7 heteroatoms. The number of ketones is 1. The maximum Gasteiger partial charge on any atom is 0.332 e. The molecule has 2 aliphatic rings. The van der Waals surface area contributed by atoms with Crippen molar-refractivity contribution in [2.24, 2.45) is 19.5 Å². The molecule has 1 atom stereocenters. The highest BCUT2D eigenvalue weighted by atomic mass is 16.5. The number of hydrogen-bond donors (Lipinski definition) is 1. The first-order valence-corrected chi connectivity index (χ1v) is 11.2. The monoisotopic (exact) mass is 437 g/mol. The van der Waals surface area contributed by atoms with Gasteiger partial charge in [0.25, 0.3) is 5.56 Å². The molecule has 0 spiro atoms. The summed E-state index contributed by atoms with van der Waals surface area (Å²) in [6.07, 6.45) is 3.13. The summed E-state index contributed by atoms with van der Waals surface area (Å²) in [6.45, 7) is 6.89. The van der Waals surface area contributed by atoms with Crippen molar-refractivity contribution >= 4 is 11.6 Å². The highest BCUT2D eigenvalue weighted by molar-refractivity contribution is 6.01. The lowest BCUT2D eigenvalue weighted by molar-refractivity contribution is -0.118. The molecule has 1 unspecified atom stereocenters. The van der Waals surface area contributed by atoms with E-state index in [9.17, 15) is 14.4 Å². The molecule has 32 heavy (non-hydrogen) atoms. The second kappa shape index (κ2) is 8.11. The van der Waals surface area contributed by atoms with Crippen molar-refractivity contribution in [1.82, 2.24) is 9.13 Å². The van der Waals surface area contributed by atoms with Gasteiger partial charge in [-0.3, -0.25) is 18.7 Å². The van der Waals surface area contributed by atoms with Crippen LogP contribution in [0.2, 0.25) is 0 Å². The van der Waals surface area contributed by atoms with Crippen molar-refractivity contribution in [3.05, 3.63) is 67.5 Å². The summed E-state index contributed by atoms with van der Waals surface area (Å²) in [5.74, 6) is 0.740. The number of aromatic nitrogens is 2. The number of rotatable bonds is 5. The molecule has 1 aromatic heterocycles. The zero-order valence-corrected chi connectivity index (χ0v) is 19.4. The van der Waals surface area contributed by atoms with Gasteiger partial charge in [-0.15, -0.1) is 0 Å². The predicted octanol–water partition coefficient (Wildman–Crippen LogP) is 3.46. The van der Waals surface area contributed by atoms with Crippen molar-refractivity contribution in [3.63, 3.8) is 0 Å². The Balaban J connectivity index is 1.89. The molecule has 7 nitrogen and oxygen atoms in total. The average molecular weight is 438 g/mol. The van der Waals surface area contributed by atoms with E-state index >= 15 is 0 Å². The Morgan fingerprint density at radius 1 is 1.06 bits per heavy atom. The third-order valence-corrected chi connectivity index (χ3v) is 6.45. The Morgan fingerprint density at radius 2 is 1.75 bits per heavy atom. The number of carbonyl (C=O) groups excluding carboxylic acids is 1. The minimum Gasteiger partial charge on any atom is -0.494 e. The number of nitrogens with zero attached hydrogens (tertiary/aromatic N) is 2.